The van der Waals surface area contributed by atoms with Gasteiger partial charge >= 0.3 is 6.09 Å². The lowest BCUT2D eigenvalue weighted by Gasteiger charge is -2.30. The van der Waals surface area contributed by atoms with Gasteiger partial charge in [0.2, 0.25) is 0 Å². The number of nitrogens with zero attached hydrogens (tertiary/aromatic N) is 2. The fourth-order valence-electron chi connectivity index (χ4n) is 2.79. The van der Waals surface area contributed by atoms with Gasteiger partial charge in [0, 0.05) is 35.8 Å². The van der Waals surface area contributed by atoms with Gasteiger partial charge in [-0.2, -0.15) is 0 Å². The molecule has 0 radical (unpaired) electrons. The number of carbonyl (C=O) groups is 1. The Balaban J connectivity index is 1.68. The van der Waals surface area contributed by atoms with E-state index >= 15 is 0 Å². The fourth-order valence-corrected chi connectivity index (χ4v) is 3.15. The predicted octanol–water partition coefficient (Wildman–Crippen LogP) is 2.57. The smallest absolute Gasteiger partial charge is 0.410 e. The summed E-state index contributed by atoms with van der Waals surface area (Å²) in [5.41, 5.74) is 0. The Hall–Kier alpha value is -0.820. The van der Waals surface area contributed by atoms with E-state index < -0.39 is 0 Å². The van der Waals surface area contributed by atoms with Gasteiger partial charge < -0.3 is 14.5 Å². The van der Waals surface area contributed by atoms with Gasteiger partial charge in [-0.15, -0.1) is 0 Å². The number of fused-ring (bicyclic) bond motifs is 4. The summed E-state index contributed by atoms with van der Waals surface area (Å²) in [4.78, 5) is 16.6. The highest BCUT2D eigenvalue weighted by atomic mass is 127. The van der Waals surface area contributed by atoms with Crippen LogP contribution in [-0.2, 0) is 0 Å². The van der Waals surface area contributed by atoms with Crippen molar-refractivity contribution in [2.24, 2.45) is 0 Å². The molecule has 0 aromatic heterocycles. The van der Waals surface area contributed by atoms with Crippen LogP contribution in [0.2, 0.25) is 0 Å². The molecular weight excluding hydrogens is 355 g/mol. The Bertz CT molecular complexity index is 455. The molecule has 0 atom stereocenters. The van der Waals surface area contributed by atoms with Crippen molar-refractivity contribution < 1.29 is 9.53 Å². The molecule has 0 N–H and O–H groups in total. The normalized spacial score (nSPS) is 26.1. The number of hydrogen-bond acceptors (Lipinski definition) is 3. The number of hydrogen-bond donors (Lipinski definition) is 0. The Morgan fingerprint density at radius 1 is 1.11 bits per heavy atom. The van der Waals surface area contributed by atoms with Crippen LogP contribution in [0.5, 0.6) is 5.75 Å². The quantitative estimate of drug-likeness (QED) is 0.711. The van der Waals surface area contributed by atoms with Crippen molar-refractivity contribution in [3.8, 4) is 5.75 Å². The predicted molar refractivity (Wildman–Crippen MR) is 81.4 cm³/mol. The van der Waals surface area contributed by atoms with Gasteiger partial charge in [-0.25, -0.2) is 4.79 Å². The van der Waals surface area contributed by atoms with Crippen LogP contribution in [0, 0.1) is 3.57 Å². The Labute approximate surface area is 126 Å². The SMILES string of the molecule is O=C(Oc1ccc(I)cc1)N1CCN2CCC1CC2. The molecule has 0 aliphatic carbocycles. The number of halogens is 1. The first-order valence-corrected chi connectivity index (χ1v) is 7.76. The number of ether oxygens (including phenoxy) is 1. The molecule has 0 saturated carbocycles. The second-order valence-electron chi connectivity index (χ2n) is 5.09. The van der Waals surface area contributed by atoms with Gasteiger partial charge in [-0.05, 0) is 59.7 Å². The van der Waals surface area contributed by atoms with Crippen LogP contribution in [0.3, 0.4) is 0 Å². The van der Waals surface area contributed by atoms with E-state index in [0.29, 0.717) is 11.8 Å². The topological polar surface area (TPSA) is 32.8 Å². The van der Waals surface area contributed by atoms with Crippen molar-refractivity contribution in [1.29, 1.82) is 0 Å². The van der Waals surface area contributed by atoms with Crippen LogP contribution in [0.4, 0.5) is 4.79 Å². The Morgan fingerprint density at radius 2 is 1.79 bits per heavy atom. The molecule has 3 heterocycles. The van der Waals surface area contributed by atoms with E-state index in [1.165, 1.54) is 0 Å². The zero-order valence-electron chi connectivity index (χ0n) is 10.7. The number of benzene rings is 1. The van der Waals surface area contributed by atoms with Gasteiger partial charge in [0.1, 0.15) is 5.75 Å². The molecular formula is C14H17IN2O2. The van der Waals surface area contributed by atoms with Crippen LogP contribution < -0.4 is 4.74 Å². The average molecular weight is 372 g/mol. The molecule has 3 aliphatic heterocycles. The molecule has 1 amide bonds. The first-order valence-electron chi connectivity index (χ1n) is 6.69. The van der Waals surface area contributed by atoms with Gasteiger partial charge in [-0.1, -0.05) is 0 Å². The first kappa shape index (κ1) is 13.2. The second-order valence-corrected chi connectivity index (χ2v) is 6.33. The number of amides is 1. The summed E-state index contributed by atoms with van der Waals surface area (Å²) < 4.78 is 6.62. The summed E-state index contributed by atoms with van der Waals surface area (Å²) in [5, 5.41) is 0. The second kappa shape index (κ2) is 5.66. The van der Waals surface area contributed by atoms with Crippen LogP contribution in [-0.4, -0.2) is 48.1 Å². The minimum Gasteiger partial charge on any atom is -0.410 e. The highest BCUT2D eigenvalue weighted by Gasteiger charge is 2.32. The summed E-state index contributed by atoms with van der Waals surface area (Å²) in [5.74, 6) is 0.629. The van der Waals surface area contributed by atoms with Gasteiger partial charge in [0.25, 0.3) is 0 Å². The van der Waals surface area contributed by atoms with Crippen LogP contribution in [0.15, 0.2) is 24.3 Å². The molecule has 3 aliphatic rings. The lowest BCUT2D eigenvalue weighted by molar-refractivity contribution is 0.131. The highest BCUT2D eigenvalue weighted by Crippen LogP contribution is 2.22. The van der Waals surface area contributed by atoms with E-state index in [4.69, 9.17) is 4.74 Å². The fraction of sp³-hybridized carbons (Fsp3) is 0.500. The zero-order chi connectivity index (χ0) is 13.2. The van der Waals surface area contributed by atoms with Gasteiger partial charge in [0.05, 0.1) is 0 Å². The standard InChI is InChI=1S/C14H17IN2O2/c15-11-1-3-13(4-2-11)19-14(18)17-10-9-16-7-5-12(17)6-8-16/h1-4,12H,5-10H2. The molecule has 102 valence electrons. The van der Waals surface area contributed by atoms with Crippen molar-refractivity contribution in [3.05, 3.63) is 27.8 Å². The third kappa shape index (κ3) is 3.02. The molecule has 0 spiro atoms. The first-order chi connectivity index (χ1) is 9.22. The minimum atomic E-state index is -0.199. The highest BCUT2D eigenvalue weighted by molar-refractivity contribution is 14.1. The molecule has 4 nitrogen and oxygen atoms in total. The third-order valence-corrected chi connectivity index (χ3v) is 4.63. The van der Waals surface area contributed by atoms with E-state index in [2.05, 4.69) is 27.5 Å². The molecule has 0 unspecified atom stereocenters. The Morgan fingerprint density at radius 3 is 2.47 bits per heavy atom. The summed E-state index contributed by atoms with van der Waals surface area (Å²) in [6.45, 7) is 3.97. The summed E-state index contributed by atoms with van der Waals surface area (Å²) >= 11 is 2.24. The van der Waals surface area contributed by atoms with Crippen LogP contribution in [0.1, 0.15) is 12.8 Å². The molecule has 4 rings (SSSR count). The maximum atomic E-state index is 12.3. The summed E-state index contributed by atoms with van der Waals surface area (Å²) in [6, 6.07) is 7.94. The average Bonchev–Trinajstić information content (AvgIpc) is 2.75. The van der Waals surface area contributed by atoms with Crippen molar-refractivity contribution in [2.75, 3.05) is 26.2 Å². The molecule has 3 fully saturated rings. The molecule has 19 heavy (non-hydrogen) atoms. The summed E-state index contributed by atoms with van der Waals surface area (Å²) in [7, 11) is 0. The molecule has 1 aromatic rings. The molecule has 3 saturated heterocycles. The maximum absolute atomic E-state index is 12.3. The zero-order valence-corrected chi connectivity index (χ0v) is 12.9. The van der Waals surface area contributed by atoms with E-state index in [9.17, 15) is 4.79 Å². The van der Waals surface area contributed by atoms with Crippen LogP contribution >= 0.6 is 22.6 Å². The molecule has 5 heteroatoms. The van der Waals surface area contributed by atoms with Crippen molar-refractivity contribution in [1.82, 2.24) is 9.80 Å². The maximum Gasteiger partial charge on any atom is 0.415 e. The number of rotatable bonds is 1. The lowest BCUT2D eigenvalue weighted by atomic mass is 10.1. The van der Waals surface area contributed by atoms with Crippen molar-refractivity contribution in [2.45, 2.75) is 18.9 Å². The lowest BCUT2D eigenvalue weighted by Crippen LogP contribution is -2.43. The third-order valence-electron chi connectivity index (χ3n) is 3.91. The molecule has 1 aromatic carbocycles. The Kier molecular flexibility index (Phi) is 3.93. The largest absolute Gasteiger partial charge is 0.415 e. The summed E-state index contributed by atoms with van der Waals surface area (Å²) in [6.07, 6.45) is 1.94. The van der Waals surface area contributed by atoms with E-state index in [1.54, 1.807) is 0 Å². The van der Waals surface area contributed by atoms with Gasteiger partial charge in [0.15, 0.2) is 0 Å². The number of piperidine rings is 1. The van der Waals surface area contributed by atoms with E-state index in [1.807, 2.05) is 29.2 Å². The van der Waals surface area contributed by atoms with E-state index in [-0.39, 0.29) is 6.09 Å². The van der Waals surface area contributed by atoms with E-state index in [0.717, 1.165) is 42.6 Å². The minimum absolute atomic E-state index is 0.199. The monoisotopic (exact) mass is 372 g/mol. The van der Waals surface area contributed by atoms with Gasteiger partial charge in [-0.3, -0.25) is 0 Å². The van der Waals surface area contributed by atoms with Crippen molar-refractivity contribution >= 4 is 28.7 Å². The van der Waals surface area contributed by atoms with Crippen LogP contribution in [0.25, 0.3) is 0 Å². The molecule has 2 bridgehead atoms. The van der Waals surface area contributed by atoms with Crippen molar-refractivity contribution in [3.63, 3.8) is 0 Å². The number of carbonyl (C=O) groups excluding carboxylic acids is 1.